The van der Waals surface area contributed by atoms with E-state index in [1.807, 2.05) is 0 Å². The second-order valence-corrected chi connectivity index (χ2v) is 7.32. The fraction of sp³-hybridized carbons (Fsp3) is 0.150. The van der Waals surface area contributed by atoms with E-state index in [2.05, 4.69) is 15.8 Å². The molecule has 11 heteroatoms. The number of hydrogen-bond donors (Lipinski definition) is 2. The summed E-state index contributed by atoms with van der Waals surface area (Å²) in [6.07, 6.45) is -4.52. The molecule has 1 aliphatic heterocycles. The zero-order chi connectivity index (χ0) is 22.0. The van der Waals surface area contributed by atoms with Crippen molar-refractivity contribution in [3.05, 3.63) is 64.7 Å². The lowest BCUT2D eigenvalue weighted by atomic mass is 10.1. The van der Waals surface area contributed by atoms with Gasteiger partial charge in [-0.3, -0.25) is 20.4 Å². The first-order valence-corrected chi connectivity index (χ1v) is 9.78. The highest BCUT2D eigenvalue weighted by Gasteiger charge is 2.30. The van der Waals surface area contributed by atoms with Gasteiger partial charge in [-0.1, -0.05) is 12.1 Å². The number of thiazole rings is 1. The molecular formula is C20H14F3N3O4S. The van der Waals surface area contributed by atoms with Crippen LogP contribution in [-0.2, 0) is 17.4 Å². The predicted molar refractivity (Wildman–Crippen MR) is 104 cm³/mol. The summed E-state index contributed by atoms with van der Waals surface area (Å²) in [6.45, 7) is 0.0826. The summed E-state index contributed by atoms with van der Waals surface area (Å²) < 4.78 is 48.4. The van der Waals surface area contributed by atoms with E-state index in [0.29, 0.717) is 27.8 Å². The van der Waals surface area contributed by atoms with Crippen LogP contribution >= 0.6 is 11.3 Å². The van der Waals surface area contributed by atoms with Crippen molar-refractivity contribution in [1.29, 1.82) is 0 Å². The van der Waals surface area contributed by atoms with Gasteiger partial charge in [-0.05, 0) is 30.3 Å². The van der Waals surface area contributed by atoms with Gasteiger partial charge in [0.15, 0.2) is 11.5 Å². The minimum atomic E-state index is -4.41. The molecule has 2 heterocycles. The lowest BCUT2D eigenvalue weighted by Crippen LogP contribution is -2.42. The SMILES string of the molecule is O=C(Cc1csc(-c2ccc(C(F)(F)F)cc2)n1)NNC(=O)c1ccc2c(c1)OCO2. The Morgan fingerprint density at radius 3 is 2.52 bits per heavy atom. The average molecular weight is 449 g/mol. The van der Waals surface area contributed by atoms with E-state index in [0.717, 1.165) is 12.1 Å². The van der Waals surface area contributed by atoms with E-state index in [-0.39, 0.29) is 18.8 Å². The van der Waals surface area contributed by atoms with Gasteiger partial charge in [0, 0.05) is 16.5 Å². The summed E-state index contributed by atoms with van der Waals surface area (Å²) in [5.74, 6) is -0.0565. The molecule has 0 saturated carbocycles. The number of rotatable bonds is 4. The molecule has 7 nitrogen and oxygen atoms in total. The lowest BCUT2D eigenvalue weighted by Gasteiger charge is -2.07. The van der Waals surface area contributed by atoms with E-state index in [1.54, 1.807) is 11.4 Å². The normalized spacial score (nSPS) is 12.5. The molecule has 31 heavy (non-hydrogen) atoms. The minimum absolute atomic E-state index is 0.0826. The van der Waals surface area contributed by atoms with Gasteiger partial charge in [-0.25, -0.2) is 4.98 Å². The van der Waals surface area contributed by atoms with Crippen molar-refractivity contribution in [2.45, 2.75) is 12.6 Å². The maximum absolute atomic E-state index is 12.7. The number of nitrogens with one attached hydrogen (secondary N) is 2. The number of carbonyl (C=O) groups is 2. The van der Waals surface area contributed by atoms with Crippen LogP contribution in [0, 0.1) is 0 Å². The number of aromatic nitrogens is 1. The number of hydrogen-bond acceptors (Lipinski definition) is 6. The smallest absolute Gasteiger partial charge is 0.416 e. The number of amides is 2. The van der Waals surface area contributed by atoms with Gasteiger partial charge in [0.25, 0.3) is 5.91 Å². The molecule has 2 amide bonds. The molecule has 1 aromatic heterocycles. The Bertz CT molecular complexity index is 1130. The van der Waals surface area contributed by atoms with E-state index < -0.39 is 23.6 Å². The molecule has 1 aliphatic rings. The lowest BCUT2D eigenvalue weighted by molar-refractivity contribution is -0.137. The third kappa shape index (κ3) is 4.77. The average Bonchev–Trinajstić information content (AvgIpc) is 3.40. The fourth-order valence-corrected chi connectivity index (χ4v) is 3.59. The maximum atomic E-state index is 12.7. The van der Waals surface area contributed by atoms with Gasteiger partial charge >= 0.3 is 6.18 Å². The molecule has 3 aromatic rings. The number of nitrogens with zero attached hydrogens (tertiary/aromatic N) is 1. The van der Waals surface area contributed by atoms with Gasteiger partial charge in [-0.2, -0.15) is 13.2 Å². The van der Waals surface area contributed by atoms with Crippen LogP contribution in [0.3, 0.4) is 0 Å². The Labute approximate surface area is 177 Å². The van der Waals surface area contributed by atoms with Crippen molar-refractivity contribution < 1.29 is 32.2 Å². The first-order valence-electron chi connectivity index (χ1n) is 8.90. The van der Waals surface area contributed by atoms with Crippen LogP contribution in [0.15, 0.2) is 47.8 Å². The number of carbonyl (C=O) groups excluding carboxylic acids is 2. The van der Waals surface area contributed by atoms with Gasteiger partial charge < -0.3 is 9.47 Å². The van der Waals surface area contributed by atoms with Gasteiger partial charge in [0.2, 0.25) is 12.7 Å². The second kappa shape index (κ2) is 8.26. The molecule has 0 fully saturated rings. The number of alkyl halides is 3. The third-order valence-corrected chi connectivity index (χ3v) is 5.24. The van der Waals surface area contributed by atoms with E-state index in [1.165, 1.54) is 35.6 Å². The Hall–Kier alpha value is -3.60. The van der Waals surface area contributed by atoms with E-state index in [9.17, 15) is 22.8 Å². The van der Waals surface area contributed by atoms with Crippen molar-refractivity contribution in [2.75, 3.05) is 6.79 Å². The first-order chi connectivity index (χ1) is 14.8. The maximum Gasteiger partial charge on any atom is 0.416 e. The molecule has 0 atom stereocenters. The van der Waals surface area contributed by atoms with Crippen molar-refractivity contribution in [3.63, 3.8) is 0 Å². The molecule has 0 radical (unpaired) electrons. The third-order valence-electron chi connectivity index (χ3n) is 4.30. The van der Waals surface area contributed by atoms with Crippen LogP contribution in [0.4, 0.5) is 13.2 Å². The first kappa shape index (κ1) is 20.7. The Morgan fingerprint density at radius 1 is 1.03 bits per heavy atom. The number of ether oxygens (including phenoxy) is 2. The largest absolute Gasteiger partial charge is 0.454 e. The van der Waals surface area contributed by atoms with Crippen LogP contribution < -0.4 is 20.3 Å². The molecule has 0 saturated heterocycles. The summed E-state index contributed by atoms with van der Waals surface area (Å²) in [7, 11) is 0. The predicted octanol–water partition coefficient (Wildman–Crippen LogP) is 3.56. The highest BCUT2D eigenvalue weighted by atomic mass is 32.1. The highest BCUT2D eigenvalue weighted by Crippen LogP contribution is 2.33. The summed E-state index contributed by atoms with van der Waals surface area (Å²) in [5, 5.41) is 2.12. The van der Waals surface area contributed by atoms with Crippen LogP contribution in [0.5, 0.6) is 11.5 Å². The molecule has 0 bridgehead atoms. The Kier molecular flexibility index (Phi) is 5.51. The van der Waals surface area contributed by atoms with Crippen molar-refractivity contribution in [2.24, 2.45) is 0 Å². The number of benzene rings is 2. The highest BCUT2D eigenvalue weighted by molar-refractivity contribution is 7.13. The Morgan fingerprint density at radius 2 is 1.77 bits per heavy atom. The quantitative estimate of drug-likeness (QED) is 0.595. The van der Waals surface area contributed by atoms with Crippen molar-refractivity contribution >= 4 is 23.2 Å². The zero-order valence-electron chi connectivity index (χ0n) is 15.7. The molecule has 0 spiro atoms. The van der Waals surface area contributed by atoms with Crippen molar-refractivity contribution in [1.82, 2.24) is 15.8 Å². The van der Waals surface area contributed by atoms with Gasteiger partial charge in [0.1, 0.15) is 5.01 Å². The molecule has 0 unspecified atom stereocenters. The van der Waals surface area contributed by atoms with Crippen LogP contribution in [0.25, 0.3) is 10.6 Å². The number of hydrazine groups is 1. The monoisotopic (exact) mass is 449 g/mol. The molecule has 4 rings (SSSR count). The second-order valence-electron chi connectivity index (χ2n) is 6.47. The number of fused-ring (bicyclic) bond motifs is 1. The van der Waals surface area contributed by atoms with E-state index in [4.69, 9.17) is 9.47 Å². The summed E-state index contributed by atoms with van der Waals surface area (Å²) >= 11 is 1.21. The van der Waals surface area contributed by atoms with Crippen molar-refractivity contribution in [3.8, 4) is 22.1 Å². The van der Waals surface area contributed by atoms with Crippen LogP contribution in [-0.4, -0.2) is 23.6 Å². The standard InChI is InChI=1S/C20H14F3N3O4S/c21-20(22,23)13-4-1-11(2-5-13)19-24-14(9-31-19)8-17(27)25-26-18(28)12-3-6-15-16(7-12)30-10-29-15/h1-7,9H,8,10H2,(H,25,27)(H,26,28). The molecule has 2 aromatic carbocycles. The van der Waals surface area contributed by atoms with Crippen LogP contribution in [0.2, 0.25) is 0 Å². The van der Waals surface area contributed by atoms with Crippen LogP contribution in [0.1, 0.15) is 21.6 Å². The molecule has 0 aliphatic carbocycles. The summed E-state index contributed by atoms with van der Waals surface area (Å²) in [5.41, 5.74) is 5.08. The van der Waals surface area contributed by atoms with Gasteiger partial charge in [0.05, 0.1) is 17.7 Å². The van der Waals surface area contributed by atoms with E-state index >= 15 is 0 Å². The summed E-state index contributed by atoms with van der Waals surface area (Å²) in [4.78, 5) is 28.5. The summed E-state index contributed by atoms with van der Waals surface area (Å²) in [6, 6.07) is 9.25. The fourth-order valence-electron chi connectivity index (χ4n) is 2.77. The minimum Gasteiger partial charge on any atom is -0.454 e. The topological polar surface area (TPSA) is 89.6 Å². The number of halogens is 3. The zero-order valence-corrected chi connectivity index (χ0v) is 16.5. The molecular weight excluding hydrogens is 435 g/mol. The van der Waals surface area contributed by atoms with Gasteiger partial charge in [-0.15, -0.1) is 11.3 Å². The Balaban J connectivity index is 1.32. The molecule has 160 valence electrons. The molecule has 2 N–H and O–H groups in total.